The Hall–Kier alpha value is -2.96. The maximum absolute atomic E-state index is 4.99. The van der Waals surface area contributed by atoms with Gasteiger partial charge in [0.15, 0.2) is 11.5 Å². The Balaban J connectivity index is 1.60. The van der Waals surface area contributed by atoms with Crippen LogP contribution in [0.5, 0.6) is 0 Å². The van der Waals surface area contributed by atoms with E-state index in [-0.39, 0.29) is 6.04 Å². The van der Waals surface area contributed by atoms with E-state index >= 15 is 0 Å². The molecular weight excluding hydrogens is 338 g/mol. The van der Waals surface area contributed by atoms with Crippen molar-refractivity contribution in [2.75, 3.05) is 11.4 Å². The lowest BCUT2D eigenvalue weighted by Crippen LogP contribution is -2.26. The van der Waals surface area contributed by atoms with Crippen molar-refractivity contribution < 1.29 is 0 Å². The molecule has 3 aromatic heterocycles. The number of hydrogen-bond donors (Lipinski definition) is 0. The second-order valence-electron chi connectivity index (χ2n) is 6.99. The molecule has 0 radical (unpaired) electrons. The van der Waals surface area contributed by atoms with Gasteiger partial charge in [-0.2, -0.15) is 4.52 Å². The van der Waals surface area contributed by atoms with Gasteiger partial charge in [-0.1, -0.05) is 19.1 Å². The molecule has 1 aromatic carbocycles. The monoisotopic (exact) mass is 361 g/mol. The zero-order valence-corrected chi connectivity index (χ0v) is 15.7. The largest absolute Gasteiger partial charge is 0.345 e. The number of para-hydroxylation sites is 2. The lowest BCUT2D eigenvalue weighted by Gasteiger charge is -2.25. The summed E-state index contributed by atoms with van der Waals surface area (Å²) < 4.78 is 4.21. The Morgan fingerprint density at radius 3 is 2.81 bits per heavy atom. The van der Waals surface area contributed by atoms with Crippen molar-refractivity contribution >= 4 is 22.5 Å². The van der Waals surface area contributed by atoms with E-state index in [4.69, 9.17) is 10.1 Å². The lowest BCUT2D eigenvalue weighted by molar-refractivity contribution is 0.602. The molecule has 5 rings (SSSR count). The second kappa shape index (κ2) is 6.33. The Labute approximate surface area is 157 Å². The van der Waals surface area contributed by atoms with Crippen molar-refractivity contribution in [2.45, 2.75) is 45.7 Å². The van der Waals surface area contributed by atoms with E-state index in [1.807, 2.05) is 10.6 Å². The summed E-state index contributed by atoms with van der Waals surface area (Å²) in [7, 11) is 0. The van der Waals surface area contributed by atoms with E-state index < -0.39 is 0 Å². The summed E-state index contributed by atoms with van der Waals surface area (Å²) in [4.78, 5) is 7.37. The van der Waals surface area contributed by atoms with E-state index in [1.165, 1.54) is 5.52 Å². The van der Waals surface area contributed by atoms with Crippen LogP contribution in [0.15, 0.2) is 36.4 Å². The smallest absolute Gasteiger partial charge is 0.178 e. The number of aryl methyl sites for hydroxylation is 2. The summed E-state index contributed by atoms with van der Waals surface area (Å²) in [6.07, 6.45) is 3.04. The van der Waals surface area contributed by atoms with Crippen LogP contribution < -0.4 is 4.90 Å². The van der Waals surface area contributed by atoms with Gasteiger partial charge < -0.3 is 9.47 Å². The summed E-state index contributed by atoms with van der Waals surface area (Å²) in [5, 5.41) is 13.3. The van der Waals surface area contributed by atoms with Gasteiger partial charge in [-0.25, -0.2) is 4.98 Å². The highest BCUT2D eigenvalue weighted by Crippen LogP contribution is 2.36. The van der Waals surface area contributed by atoms with Gasteiger partial charge in [0.25, 0.3) is 0 Å². The molecular formula is C20H23N7. The molecule has 1 atom stereocenters. The molecule has 1 unspecified atom stereocenters. The predicted molar refractivity (Wildman–Crippen MR) is 105 cm³/mol. The van der Waals surface area contributed by atoms with Crippen LogP contribution in [-0.4, -0.2) is 35.9 Å². The van der Waals surface area contributed by atoms with Crippen LogP contribution in [0, 0.1) is 0 Å². The maximum Gasteiger partial charge on any atom is 0.178 e. The quantitative estimate of drug-likeness (QED) is 0.557. The van der Waals surface area contributed by atoms with Gasteiger partial charge in [-0.15, -0.1) is 15.3 Å². The van der Waals surface area contributed by atoms with Gasteiger partial charge in [-0.05, 0) is 44.0 Å². The van der Waals surface area contributed by atoms with Crippen molar-refractivity contribution in [1.82, 2.24) is 29.4 Å². The first kappa shape index (κ1) is 16.2. The normalized spacial score (nSPS) is 17.4. The fourth-order valence-electron chi connectivity index (χ4n) is 4.19. The molecule has 1 saturated heterocycles. The van der Waals surface area contributed by atoms with Gasteiger partial charge in [0.2, 0.25) is 0 Å². The van der Waals surface area contributed by atoms with Crippen LogP contribution in [0.1, 0.15) is 44.4 Å². The topological polar surface area (TPSA) is 64.1 Å². The van der Waals surface area contributed by atoms with E-state index in [1.54, 1.807) is 0 Å². The van der Waals surface area contributed by atoms with Gasteiger partial charge in [0.05, 0.1) is 17.1 Å². The van der Waals surface area contributed by atoms with E-state index in [9.17, 15) is 0 Å². The molecule has 138 valence electrons. The van der Waals surface area contributed by atoms with Crippen molar-refractivity contribution in [3.63, 3.8) is 0 Å². The Bertz CT molecular complexity index is 1110. The molecule has 1 fully saturated rings. The number of hydrogen-bond acceptors (Lipinski definition) is 5. The highest BCUT2D eigenvalue weighted by atomic mass is 15.4. The third-order valence-corrected chi connectivity index (χ3v) is 5.47. The minimum atomic E-state index is 0.240. The van der Waals surface area contributed by atoms with Crippen LogP contribution in [0.25, 0.3) is 16.7 Å². The standard InChI is InChI=1S/C20H23N7/c1-3-17-22-23-18-11-12-19(24-27(17)18)26-13-7-10-16(26)20-21-14-8-5-6-9-15(14)25(20)4-2/h5-6,8-9,11-12,16H,3-4,7,10,13H2,1-2H3. The zero-order chi connectivity index (χ0) is 18.4. The van der Waals surface area contributed by atoms with Crippen molar-refractivity contribution in [3.05, 3.63) is 48.0 Å². The molecule has 1 aliphatic heterocycles. The lowest BCUT2D eigenvalue weighted by atomic mass is 10.2. The van der Waals surface area contributed by atoms with Crippen LogP contribution in [0.4, 0.5) is 5.82 Å². The Morgan fingerprint density at radius 1 is 1.07 bits per heavy atom. The summed E-state index contributed by atoms with van der Waals surface area (Å²) in [6.45, 7) is 6.16. The van der Waals surface area contributed by atoms with Crippen LogP contribution in [-0.2, 0) is 13.0 Å². The fourth-order valence-corrected chi connectivity index (χ4v) is 4.19. The number of rotatable bonds is 4. The summed E-state index contributed by atoms with van der Waals surface area (Å²) in [6, 6.07) is 12.7. The Kier molecular flexibility index (Phi) is 3.81. The third kappa shape index (κ3) is 2.49. The Morgan fingerprint density at radius 2 is 1.96 bits per heavy atom. The molecule has 0 N–H and O–H groups in total. The molecule has 7 heteroatoms. The fraction of sp³-hybridized carbons (Fsp3) is 0.400. The predicted octanol–water partition coefficient (Wildman–Crippen LogP) is 3.40. The third-order valence-electron chi connectivity index (χ3n) is 5.47. The van der Waals surface area contributed by atoms with Gasteiger partial charge in [-0.3, -0.25) is 0 Å². The molecule has 0 spiro atoms. The van der Waals surface area contributed by atoms with Crippen LogP contribution in [0.2, 0.25) is 0 Å². The number of anilines is 1. The second-order valence-corrected chi connectivity index (χ2v) is 6.99. The highest BCUT2D eigenvalue weighted by Gasteiger charge is 2.31. The van der Waals surface area contributed by atoms with Crippen molar-refractivity contribution in [3.8, 4) is 0 Å². The summed E-state index contributed by atoms with van der Waals surface area (Å²) in [5.74, 6) is 3.00. The van der Waals surface area contributed by atoms with Gasteiger partial charge in [0.1, 0.15) is 11.6 Å². The maximum atomic E-state index is 4.99. The summed E-state index contributed by atoms with van der Waals surface area (Å²) >= 11 is 0. The first-order valence-electron chi connectivity index (χ1n) is 9.73. The molecule has 27 heavy (non-hydrogen) atoms. The SMILES string of the molecule is CCc1nnc2ccc(N3CCCC3c3nc4ccccc4n3CC)nn12. The van der Waals surface area contributed by atoms with Gasteiger partial charge >= 0.3 is 0 Å². The first-order valence-corrected chi connectivity index (χ1v) is 9.73. The number of nitrogens with zero attached hydrogens (tertiary/aromatic N) is 7. The molecule has 4 aromatic rings. The molecule has 0 saturated carbocycles. The average molecular weight is 361 g/mol. The molecule has 7 nitrogen and oxygen atoms in total. The molecule has 0 aliphatic carbocycles. The van der Waals surface area contributed by atoms with E-state index in [2.05, 4.69) is 63.8 Å². The van der Waals surface area contributed by atoms with Crippen LogP contribution >= 0.6 is 0 Å². The highest BCUT2D eigenvalue weighted by molar-refractivity contribution is 5.76. The minimum Gasteiger partial charge on any atom is -0.345 e. The summed E-state index contributed by atoms with van der Waals surface area (Å²) in [5.41, 5.74) is 3.07. The first-order chi connectivity index (χ1) is 13.3. The van der Waals surface area contributed by atoms with E-state index in [0.717, 1.165) is 61.0 Å². The number of benzene rings is 1. The van der Waals surface area contributed by atoms with Crippen LogP contribution in [0.3, 0.4) is 0 Å². The molecule has 4 heterocycles. The number of aromatic nitrogens is 6. The average Bonchev–Trinajstić information content (AvgIpc) is 3.42. The number of fused-ring (bicyclic) bond motifs is 2. The molecule has 1 aliphatic rings. The minimum absolute atomic E-state index is 0.240. The van der Waals surface area contributed by atoms with Crippen molar-refractivity contribution in [2.24, 2.45) is 0 Å². The molecule has 0 amide bonds. The zero-order valence-electron chi connectivity index (χ0n) is 15.7. The van der Waals surface area contributed by atoms with E-state index in [0.29, 0.717) is 0 Å². The van der Waals surface area contributed by atoms with Crippen molar-refractivity contribution in [1.29, 1.82) is 0 Å². The molecule has 0 bridgehead atoms. The number of imidazole rings is 1. The van der Waals surface area contributed by atoms with Gasteiger partial charge in [0, 0.05) is 19.5 Å².